The topological polar surface area (TPSA) is 106 Å². The number of rotatable bonds is 4. The van der Waals surface area contributed by atoms with Crippen LogP contribution >= 0.6 is 12.4 Å². The van der Waals surface area contributed by atoms with Crippen molar-refractivity contribution in [2.24, 2.45) is 9.36 Å². The van der Waals surface area contributed by atoms with Gasteiger partial charge in [0.1, 0.15) is 4.90 Å². The molecule has 1 amide bonds. The van der Waals surface area contributed by atoms with E-state index in [1.165, 1.54) is 27.6 Å². The summed E-state index contributed by atoms with van der Waals surface area (Å²) in [5.74, 6) is 1.58. The third kappa shape index (κ3) is 4.09. The van der Waals surface area contributed by atoms with Crippen molar-refractivity contribution in [3.8, 4) is 17.2 Å². The van der Waals surface area contributed by atoms with E-state index < -0.39 is 9.73 Å². The van der Waals surface area contributed by atoms with E-state index in [1.54, 1.807) is 29.4 Å². The third-order valence-corrected chi connectivity index (χ3v) is 6.87. The first-order chi connectivity index (χ1) is 14.9. The van der Waals surface area contributed by atoms with E-state index in [0.29, 0.717) is 65.7 Å². The maximum atomic E-state index is 13.5. The molecule has 1 aromatic heterocycles. The molecule has 1 aromatic carbocycles. The number of halogens is 1. The third-order valence-electron chi connectivity index (χ3n) is 5.20. The molecular weight excluding hydrogens is 460 g/mol. The number of hydrogen-bond acceptors (Lipinski definition) is 9. The minimum atomic E-state index is -2.86. The number of ether oxygens (including phenoxy) is 3. The van der Waals surface area contributed by atoms with Gasteiger partial charge in [-0.25, -0.2) is 9.20 Å². The van der Waals surface area contributed by atoms with Gasteiger partial charge in [-0.3, -0.25) is 4.79 Å². The van der Waals surface area contributed by atoms with Gasteiger partial charge in [0, 0.05) is 38.5 Å². The number of aliphatic imine (C=N–C) groups is 1. The van der Waals surface area contributed by atoms with E-state index in [1.807, 2.05) is 4.90 Å². The van der Waals surface area contributed by atoms with E-state index in [4.69, 9.17) is 18.6 Å². The lowest BCUT2D eigenvalue weighted by molar-refractivity contribution is 0.0659. The van der Waals surface area contributed by atoms with Crippen molar-refractivity contribution in [3.63, 3.8) is 0 Å². The van der Waals surface area contributed by atoms with Crippen molar-refractivity contribution < 1.29 is 27.6 Å². The average molecular weight is 485 g/mol. The molecule has 32 heavy (non-hydrogen) atoms. The van der Waals surface area contributed by atoms with Crippen molar-refractivity contribution in [1.29, 1.82) is 0 Å². The molecule has 4 rings (SSSR count). The van der Waals surface area contributed by atoms with Gasteiger partial charge in [-0.05, 0) is 12.1 Å². The molecule has 1 atom stereocenters. The summed E-state index contributed by atoms with van der Waals surface area (Å²) in [7, 11) is 1.62. The summed E-state index contributed by atoms with van der Waals surface area (Å²) in [5.41, 5.74) is 0.459. The van der Waals surface area contributed by atoms with Gasteiger partial charge in [-0.2, -0.15) is 4.36 Å². The first-order valence-corrected chi connectivity index (χ1v) is 11.5. The van der Waals surface area contributed by atoms with E-state index in [0.717, 1.165) is 0 Å². The number of benzene rings is 1. The number of carbonyl (C=O) groups is 1. The minimum absolute atomic E-state index is 0. The quantitative estimate of drug-likeness (QED) is 0.656. The minimum Gasteiger partial charge on any atom is -0.493 e. The number of furan rings is 1. The molecule has 2 aromatic rings. The van der Waals surface area contributed by atoms with Crippen molar-refractivity contribution >= 4 is 39.7 Å². The van der Waals surface area contributed by atoms with Crippen LogP contribution in [0.1, 0.15) is 10.6 Å². The highest BCUT2D eigenvalue weighted by atomic mass is 35.5. The molecule has 12 heteroatoms. The van der Waals surface area contributed by atoms with Crippen molar-refractivity contribution in [2.75, 3.05) is 53.8 Å². The Labute approximate surface area is 192 Å². The van der Waals surface area contributed by atoms with Crippen LogP contribution in [-0.2, 0) is 9.73 Å². The normalized spacial score (nSPS) is 19.8. The van der Waals surface area contributed by atoms with E-state index in [-0.39, 0.29) is 18.3 Å². The zero-order chi connectivity index (χ0) is 22.2. The number of methoxy groups -OCH3 is 3. The van der Waals surface area contributed by atoms with E-state index in [9.17, 15) is 9.00 Å². The molecule has 2 aliphatic rings. The standard InChI is InChI=1S/C20H24N4O6S.ClH/c1-27-15-12-13-18(17(29-3)16(15)28-2)31(4,26)22-20(21-13)24-9-7-23(8-10-24)19(25)14-6-5-11-30-14;/h5-6,11-12H,7-10H2,1-4H3;1H. The molecule has 0 N–H and O–H groups in total. The van der Waals surface area contributed by atoms with Crippen LogP contribution in [0.3, 0.4) is 0 Å². The molecule has 0 bridgehead atoms. The maximum Gasteiger partial charge on any atom is 0.289 e. The fourth-order valence-electron chi connectivity index (χ4n) is 3.69. The van der Waals surface area contributed by atoms with Crippen LogP contribution in [-0.4, -0.2) is 79.6 Å². The summed E-state index contributed by atoms with van der Waals surface area (Å²) < 4.78 is 39.5. The van der Waals surface area contributed by atoms with Crippen molar-refractivity contribution in [2.45, 2.75) is 4.90 Å². The molecule has 2 aliphatic heterocycles. The number of nitrogens with zero attached hydrogens (tertiary/aromatic N) is 4. The van der Waals surface area contributed by atoms with Crippen LogP contribution in [0.5, 0.6) is 17.2 Å². The number of carbonyl (C=O) groups excluding carboxylic acids is 1. The highest BCUT2D eigenvalue weighted by Crippen LogP contribution is 2.49. The van der Waals surface area contributed by atoms with Crippen molar-refractivity contribution in [1.82, 2.24) is 9.80 Å². The fourth-order valence-corrected chi connectivity index (χ4v) is 5.26. The van der Waals surface area contributed by atoms with Gasteiger partial charge in [0.15, 0.2) is 17.3 Å². The summed E-state index contributed by atoms with van der Waals surface area (Å²) in [6, 6.07) is 5.00. The zero-order valence-corrected chi connectivity index (χ0v) is 19.8. The Morgan fingerprint density at radius 2 is 1.78 bits per heavy atom. The van der Waals surface area contributed by atoms with Crippen molar-refractivity contribution in [3.05, 3.63) is 30.2 Å². The number of piperazine rings is 1. The molecule has 174 valence electrons. The van der Waals surface area contributed by atoms with Gasteiger partial charge in [0.2, 0.25) is 11.7 Å². The Morgan fingerprint density at radius 1 is 1.09 bits per heavy atom. The fraction of sp³-hybridized carbons (Fsp3) is 0.400. The number of guanidine groups is 1. The van der Waals surface area contributed by atoms with Crippen LogP contribution in [0.2, 0.25) is 0 Å². The highest BCUT2D eigenvalue weighted by Gasteiger charge is 2.32. The Balaban J connectivity index is 0.00000289. The lowest BCUT2D eigenvalue weighted by Gasteiger charge is -2.35. The molecule has 1 fully saturated rings. The first kappa shape index (κ1) is 23.7. The smallest absolute Gasteiger partial charge is 0.289 e. The monoisotopic (exact) mass is 484 g/mol. The zero-order valence-electron chi connectivity index (χ0n) is 18.2. The summed E-state index contributed by atoms with van der Waals surface area (Å²) in [6.45, 7) is 1.95. The Bertz CT molecular complexity index is 1150. The Hall–Kier alpha value is -2.92. The molecule has 0 radical (unpaired) electrons. The van der Waals surface area contributed by atoms with Gasteiger partial charge in [0.25, 0.3) is 5.91 Å². The molecule has 10 nitrogen and oxygen atoms in total. The summed E-state index contributed by atoms with van der Waals surface area (Å²) in [4.78, 5) is 21.1. The van der Waals surface area contributed by atoms with Gasteiger partial charge in [0.05, 0.1) is 43.0 Å². The SMILES string of the molecule is COc1cc2c(c(OC)c1OC)S(C)(=O)=NC(N1CCN(C(=O)c3ccco3)CC1)=N2.Cl. The van der Waals surface area contributed by atoms with E-state index in [2.05, 4.69) is 9.36 Å². The molecule has 0 saturated carbocycles. The summed E-state index contributed by atoms with van der Waals surface area (Å²) in [5, 5.41) is 0. The van der Waals surface area contributed by atoms with Crippen LogP contribution in [0.4, 0.5) is 5.69 Å². The maximum absolute atomic E-state index is 13.5. The Morgan fingerprint density at radius 3 is 2.34 bits per heavy atom. The van der Waals surface area contributed by atoms with E-state index >= 15 is 0 Å². The molecular formula is C20H25ClN4O6S. The summed E-state index contributed by atoms with van der Waals surface area (Å²) in [6.07, 6.45) is 3.03. The average Bonchev–Trinajstić information content (AvgIpc) is 3.31. The first-order valence-electron chi connectivity index (χ1n) is 9.61. The molecule has 3 heterocycles. The summed E-state index contributed by atoms with van der Waals surface area (Å²) >= 11 is 0. The van der Waals surface area contributed by atoms with Crippen LogP contribution in [0, 0.1) is 0 Å². The van der Waals surface area contributed by atoms with Crippen LogP contribution in [0.15, 0.2) is 43.1 Å². The predicted molar refractivity (Wildman–Crippen MR) is 121 cm³/mol. The molecule has 1 saturated heterocycles. The van der Waals surface area contributed by atoms with Gasteiger partial charge in [-0.1, -0.05) is 0 Å². The van der Waals surface area contributed by atoms with Crippen LogP contribution < -0.4 is 14.2 Å². The lowest BCUT2D eigenvalue weighted by Crippen LogP contribution is -2.50. The lowest BCUT2D eigenvalue weighted by atomic mass is 10.2. The van der Waals surface area contributed by atoms with Gasteiger partial charge >= 0.3 is 0 Å². The highest BCUT2D eigenvalue weighted by molar-refractivity contribution is 7.93. The molecule has 1 unspecified atom stereocenters. The van der Waals surface area contributed by atoms with Gasteiger partial charge in [-0.15, -0.1) is 12.4 Å². The number of hydrogen-bond donors (Lipinski definition) is 0. The number of fused-ring (bicyclic) bond motifs is 1. The molecule has 0 aliphatic carbocycles. The predicted octanol–water partition coefficient (Wildman–Crippen LogP) is 2.64. The second-order valence-electron chi connectivity index (χ2n) is 7.06. The van der Waals surface area contributed by atoms with Crippen LogP contribution in [0.25, 0.3) is 0 Å². The molecule has 0 spiro atoms. The second-order valence-corrected chi connectivity index (χ2v) is 9.25. The Kier molecular flexibility index (Phi) is 6.89. The van der Waals surface area contributed by atoms with Gasteiger partial charge < -0.3 is 28.4 Å². The second kappa shape index (κ2) is 9.29. The largest absolute Gasteiger partial charge is 0.493 e. The number of amides is 1.